The average Bonchev–Trinajstić information content (AvgIpc) is 3.56. The van der Waals surface area contributed by atoms with Crippen molar-refractivity contribution in [3.05, 3.63) is 47.7 Å². The minimum absolute atomic E-state index is 0.000201. The Morgan fingerprint density at radius 2 is 1.97 bits per heavy atom. The average molecular weight is 437 g/mol. The molecule has 0 unspecified atom stereocenters. The standard InChI is InChI=1S/C23H28N6O3/c24-11-8-23(9-12-28(13-10-23)19(15-30)16-4-2-1-3-5-16)29-14-18(20(25)31)21(27-29)26-22(32)17-6-7-17/h1-5,14,17,19,30H,6-10,12-13,15H2,(H2,25,31)(H,26,27,32)/t19-/m1/s1. The topological polar surface area (TPSA) is 137 Å². The fraction of sp³-hybridized carbons (Fsp3) is 0.478. The van der Waals surface area contributed by atoms with Crippen LogP contribution in [0.2, 0.25) is 0 Å². The molecule has 2 amide bonds. The summed E-state index contributed by atoms with van der Waals surface area (Å²) in [7, 11) is 0. The zero-order chi connectivity index (χ0) is 22.7. The molecule has 1 aliphatic heterocycles. The third-order valence-electron chi connectivity index (χ3n) is 6.59. The Morgan fingerprint density at radius 1 is 1.28 bits per heavy atom. The van der Waals surface area contributed by atoms with Gasteiger partial charge in [0.25, 0.3) is 5.91 Å². The summed E-state index contributed by atoms with van der Waals surface area (Å²) in [6, 6.07) is 12.0. The molecule has 168 valence electrons. The van der Waals surface area contributed by atoms with Crippen LogP contribution in [0.5, 0.6) is 0 Å². The van der Waals surface area contributed by atoms with E-state index in [0.29, 0.717) is 25.9 Å². The Hall–Kier alpha value is -3.22. The number of anilines is 1. The van der Waals surface area contributed by atoms with E-state index in [1.165, 1.54) is 0 Å². The molecule has 1 atom stereocenters. The van der Waals surface area contributed by atoms with E-state index in [4.69, 9.17) is 5.73 Å². The molecule has 0 bridgehead atoms. The molecule has 2 fully saturated rings. The van der Waals surface area contributed by atoms with Crippen LogP contribution in [0.25, 0.3) is 0 Å². The van der Waals surface area contributed by atoms with Gasteiger partial charge in [0.1, 0.15) is 5.56 Å². The number of amides is 2. The van der Waals surface area contributed by atoms with Crippen LogP contribution in [0.15, 0.2) is 36.5 Å². The van der Waals surface area contributed by atoms with E-state index >= 15 is 0 Å². The SMILES string of the molecule is N#CCC1(n2cc(C(N)=O)c(NC(=O)C3CC3)n2)CCN([C@H](CO)c2ccccc2)CC1. The maximum Gasteiger partial charge on any atom is 0.254 e. The van der Waals surface area contributed by atoms with Gasteiger partial charge in [-0.2, -0.15) is 10.4 Å². The Labute approximate surface area is 186 Å². The van der Waals surface area contributed by atoms with E-state index in [-0.39, 0.29) is 42.3 Å². The molecular formula is C23H28N6O3. The number of nitriles is 1. The van der Waals surface area contributed by atoms with Gasteiger partial charge in [-0.25, -0.2) is 0 Å². The molecule has 9 nitrogen and oxygen atoms in total. The lowest BCUT2D eigenvalue weighted by Crippen LogP contribution is -2.48. The number of nitrogens with one attached hydrogen (secondary N) is 1. The van der Waals surface area contributed by atoms with E-state index in [1.54, 1.807) is 10.9 Å². The summed E-state index contributed by atoms with van der Waals surface area (Å²) < 4.78 is 1.65. The van der Waals surface area contributed by atoms with Gasteiger partial charge in [0.15, 0.2) is 5.82 Å². The van der Waals surface area contributed by atoms with Gasteiger partial charge in [-0.3, -0.25) is 19.2 Å². The Balaban J connectivity index is 1.56. The first-order valence-corrected chi connectivity index (χ1v) is 10.9. The van der Waals surface area contributed by atoms with Crippen molar-refractivity contribution in [2.75, 3.05) is 25.0 Å². The van der Waals surface area contributed by atoms with Crippen LogP contribution in [-0.4, -0.2) is 51.3 Å². The fourth-order valence-electron chi connectivity index (χ4n) is 4.45. The number of aromatic nitrogens is 2. The lowest BCUT2D eigenvalue weighted by Gasteiger charge is -2.43. The second-order valence-corrected chi connectivity index (χ2v) is 8.67. The molecule has 2 aromatic rings. The molecule has 2 aliphatic rings. The number of carbonyl (C=O) groups excluding carboxylic acids is 2. The zero-order valence-corrected chi connectivity index (χ0v) is 17.9. The van der Waals surface area contributed by atoms with Crippen LogP contribution in [0.3, 0.4) is 0 Å². The first-order chi connectivity index (χ1) is 15.5. The van der Waals surface area contributed by atoms with Gasteiger partial charge in [0.2, 0.25) is 5.91 Å². The number of benzene rings is 1. The molecule has 9 heteroatoms. The first-order valence-electron chi connectivity index (χ1n) is 10.9. The van der Waals surface area contributed by atoms with E-state index in [0.717, 1.165) is 18.4 Å². The highest BCUT2D eigenvalue weighted by atomic mass is 16.3. The van der Waals surface area contributed by atoms with Gasteiger partial charge >= 0.3 is 0 Å². The van der Waals surface area contributed by atoms with E-state index in [2.05, 4.69) is 21.4 Å². The number of primary amides is 1. The molecule has 1 aliphatic carbocycles. The summed E-state index contributed by atoms with van der Waals surface area (Å²) in [5, 5.41) is 26.8. The van der Waals surface area contributed by atoms with Crippen LogP contribution in [-0.2, 0) is 10.3 Å². The highest BCUT2D eigenvalue weighted by Crippen LogP contribution is 2.37. The third kappa shape index (κ3) is 4.38. The molecule has 32 heavy (non-hydrogen) atoms. The smallest absolute Gasteiger partial charge is 0.254 e. The minimum Gasteiger partial charge on any atom is -0.394 e. The molecule has 1 saturated carbocycles. The van der Waals surface area contributed by atoms with Crippen LogP contribution in [0.4, 0.5) is 5.82 Å². The van der Waals surface area contributed by atoms with Crippen molar-refractivity contribution >= 4 is 17.6 Å². The predicted octanol–water partition coefficient (Wildman–Crippen LogP) is 1.77. The summed E-state index contributed by atoms with van der Waals surface area (Å²) in [5.74, 6) is -0.705. The number of rotatable bonds is 8. The molecular weight excluding hydrogens is 408 g/mol. The van der Waals surface area contributed by atoms with Crippen LogP contribution >= 0.6 is 0 Å². The lowest BCUT2D eigenvalue weighted by molar-refractivity contribution is -0.117. The van der Waals surface area contributed by atoms with E-state index in [9.17, 15) is 20.0 Å². The summed E-state index contributed by atoms with van der Waals surface area (Å²) in [5.41, 5.74) is 6.12. The monoisotopic (exact) mass is 436 g/mol. The summed E-state index contributed by atoms with van der Waals surface area (Å²) in [6.07, 6.45) is 4.66. The number of nitrogens with zero attached hydrogens (tertiary/aromatic N) is 4. The molecule has 0 spiro atoms. The normalized spacial score (nSPS) is 19.1. The van der Waals surface area contributed by atoms with Crippen molar-refractivity contribution < 1.29 is 14.7 Å². The van der Waals surface area contributed by atoms with Crippen LogP contribution in [0.1, 0.15) is 54.1 Å². The molecule has 2 heterocycles. The molecule has 1 aromatic heterocycles. The molecule has 1 aromatic carbocycles. The quantitative estimate of drug-likeness (QED) is 0.577. The zero-order valence-electron chi connectivity index (χ0n) is 17.9. The molecule has 1 saturated heterocycles. The largest absolute Gasteiger partial charge is 0.394 e. The third-order valence-corrected chi connectivity index (χ3v) is 6.59. The Bertz CT molecular complexity index is 1020. The second kappa shape index (κ2) is 9.10. The van der Waals surface area contributed by atoms with Crippen molar-refractivity contribution in [2.45, 2.75) is 43.7 Å². The molecule has 4 N–H and O–H groups in total. The fourth-order valence-corrected chi connectivity index (χ4v) is 4.45. The molecule has 0 radical (unpaired) electrons. The number of carbonyl (C=O) groups is 2. The first kappa shape index (κ1) is 22.0. The van der Waals surface area contributed by atoms with Crippen molar-refractivity contribution in [1.29, 1.82) is 5.26 Å². The number of aliphatic hydroxyl groups is 1. The van der Waals surface area contributed by atoms with Gasteiger partial charge in [0, 0.05) is 25.2 Å². The number of hydrogen-bond acceptors (Lipinski definition) is 6. The summed E-state index contributed by atoms with van der Waals surface area (Å²) >= 11 is 0. The number of likely N-dealkylation sites (tertiary alicyclic amines) is 1. The maximum absolute atomic E-state index is 12.2. The summed E-state index contributed by atoms with van der Waals surface area (Å²) in [4.78, 5) is 26.4. The van der Waals surface area contributed by atoms with Gasteiger partial charge in [-0.15, -0.1) is 0 Å². The predicted molar refractivity (Wildman–Crippen MR) is 117 cm³/mol. The van der Waals surface area contributed by atoms with Gasteiger partial charge in [-0.05, 0) is 31.2 Å². The van der Waals surface area contributed by atoms with Gasteiger partial charge in [0.05, 0.1) is 30.7 Å². The lowest BCUT2D eigenvalue weighted by atomic mass is 9.84. The molecule has 4 rings (SSSR count). The van der Waals surface area contributed by atoms with Crippen LogP contribution < -0.4 is 11.1 Å². The van der Waals surface area contributed by atoms with E-state index < -0.39 is 11.4 Å². The highest BCUT2D eigenvalue weighted by Gasteiger charge is 2.40. The van der Waals surface area contributed by atoms with Gasteiger partial charge < -0.3 is 16.2 Å². The van der Waals surface area contributed by atoms with Crippen LogP contribution in [0, 0.1) is 17.2 Å². The number of nitrogens with two attached hydrogens (primary N) is 1. The number of piperidine rings is 1. The number of aliphatic hydroxyl groups excluding tert-OH is 1. The number of hydrogen-bond donors (Lipinski definition) is 3. The maximum atomic E-state index is 12.2. The van der Waals surface area contributed by atoms with Crippen molar-refractivity contribution in [3.8, 4) is 6.07 Å². The van der Waals surface area contributed by atoms with Crippen molar-refractivity contribution in [2.24, 2.45) is 11.7 Å². The Kier molecular flexibility index (Phi) is 6.26. The minimum atomic E-state index is -0.670. The Morgan fingerprint density at radius 3 is 2.53 bits per heavy atom. The van der Waals surface area contributed by atoms with E-state index in [1.807, 2.05) is 30.3 Å². The second-order valence-electron chi connectivity index (χ2n) is 8.67. The van der Waals surface area contributed by atoms with Crippen molar-refractivity contribution in [1.82, 2.24) is 14.7 Å². The highest BCUT2D eigenvalue weighted by molar-refractivity contribution is 6.02. The van der Waals surface area contributed by atoms with Gasteiger partial charge in [-0.1, -0.05) is 30.3 Å². The summed E-state index contributed by atoms with van der Waals surface area (Å²) in [6.45, 7) is 1.30. The van der Waals surface area contributed by atoms with Crippen molar-refractivity contribution in [3.63, 3.8) is 0 Å².